The number of carbonyl (C=O) groups is 1. The average molecular weight is 314 g/mol. The van der Waals surface area contributed by atoms with Crippen molar-refractivity contribution in [3.05, 3.63) is 28.8 Å². The molecule has 0 radical (unpaired) electrons. The number of thioether (sulfide) groups is 1. The van der Waals surface area contributed by atoms with E-state index in [1.807, 2.05) is 25.3 Å². The van der Waals surface area contributed by atoms with E-state index in [9.17, 15) is 9.90 Å². The normalized spacial score (nSPS) is 23.5. The Kier molecular flexibility index (Phi) is 4.99. The highest BCUT2D eigenvalue weighted by molar-refractivity contribution is 7.98. The van der Waals surface area contributed by atoms with Gasteiger partial charge < -0.3 is 10.0 Å². The van der Waals surface area contributed by atoms with E-state index < -0.39 is 5.60 Å². The predicted molar refractivity (Wildman–Crippen MR) is 83.6 cm³/mol. The molecule has 20 heavy (non-hydrogen) atoms. The Balaban J connectivity index is 2.18. The Morgan fingerprint density at radius 2 is 2.15 bits per heavy atom. The van der Waals surface area contributed by atoms with Gasteiger partial charge in [-0.2, -0.15) is 0 Å². The molecule has 0 saturated carbocycles. The van der Waals surface area contributed by atoms with Gasteiger partial charge in [0, 0.05) is 18.0 Å². The van der Waals surface area contributed by atoms with Gasteiger partial charge in [-0.3, -0.25) is 4.79 Å². The third-order valence-electron chi connectivity index (χ3n) is 3.75. The number of carbonyl (C=O) groups excluding carboxylic acids is 1. The van der Waals surface area contributed by atoms with Crippen molar-refractivity contribution in [2.45, 2.75) is 36.7 Å². The molecule has 110 valence electrons. The van der Waals surface area contributed by atoms with E-state index in [1.54, 1.807) is 22.7 Å². The van der Waals surface area contributed by atoms with Gasteiger partial charge in [0.2, 0.25) is 0 Å². The van der Waals surface area contributed by atoms with Crippen LogP contribution in [0.15, 0.2) is 23.1 Å². The molecule has 1 aliphatic heterocycles. The number of rotatable bonds is 2. The van der Waals surface area contributed by atoms with E-state index in [0.717, 1.165) is 17.7 Å². The number of benzene rings is 1. The summed E-state index contributed by atoms with van der Waals surface area (Å²) >= 11 is 7.75. The average Bonchev–Trinajstić information content (AvgIpc) is 2.59. The van der Waals surface area contributed by atoms with Gasteiger partial charge in [-0.1, -0.05) is 11.6 Å². The molecule has 2 rings (SSSR count). The summed E-state index contributed by atoms with van der Waals surface area (Å²) < 4.78 is 0. The molecule has 3 nitrogen and oxygen atoms in total. The summed E-state index contributed by atoms with van der Waals surface area (Å²) in [5, 5.41) is 10.6. The van der Waals surface area contributed by atoms with Gasteiger partial charge in [-0.05, 0) is 50.6 Å². The van der Waals surface area contributed by atoms with Gasteiger partial charge in [-0.15, -0.1) is 11.8 Å². The minimum atomic E-state index is -0.667. The minimum Gasteiger partial charge on any atom is -0.390 e. The second-order valence-electron chi connectivity index (χ2n) is 5.49. The lowest BCUT2D eigenvalue weighted by atomic mass is 9.98. The molecule has 0 aliphatic carbocycles. The highest BCUT2D eigenvalue weighted by Crippen LogP contribution is 2.27. The Hall–Kier alpha value is -0.710. The summed E-state index contributed by atoms with van der Waals surface area (Å²) in [4.78, 5) is 15.4. The standard InChI is InChI=1S/C15H20ClNO2S/c1-15(19)6-3-8-17(9-7-15)14(18)12-10-11(20-2)4-5-13(12)16/h4-5,10,19H,3,6-9H2,1-2H3. The first kappa shape index (κ1) is 15.7. The topological polar surface area (TPSA) is 40.5 Å². The maximum Gasteiger partial charge on any atom is 0.255 e. The van der Waals surface area contributed by atoms with E-state index in [0.29, 0.717) is 30.1 Å². The molecule has 0 bridgehead atoms. The van der Waals surface area contributed by atoms with E-state index >= 15 is 0 Å². The van der Waals surface area contributed by atoms with Crippen molar-refractivity contribution in [3.63, 3.8) is 0 Å². The lowest BCUT2D eigenvalue weighted by Crippen LogP contribution is -2.33. The van der Waals surface area contributed by atoms with Gasteiger partial charge in [0.15, 0.2) is 0 Å². The first-order valence-electron chi connectivity index (χ1n) is 6.78. The van der Waals surface area contributed by atoms with Crippen LogP contribution < -0.4 is 0 Å². The van der Waals surface area contributed by atoms with Crippen LogP contribution >= 0.6 is 23.4 Å². The van der Waals surface area contributed by atoms with Gasteiger partial charge >= 0.3 is 0 Å². The fourth-order valence-corrected chi connectivity index (χ4v) is 3.07. The lowest BCUT2D eigenvalue weighted by molar-refractivity contribution is 0.0438. The molecule has 0 spiro atoms. The summed E-state index contributed by atoms with van der Waals surface area (Å²) in [5.74, 6) is -0.0383. The highest BCUT2D eigenvalue weighted by Gasteiger charge is 2.28. The first-order valence-corrected chi connectivity index (χ1v) is 8.38. The smallest absolute Gasteiger partial charge is 0.255 e. The quantitative estimate of drug-likeness (QED) is 0.850. The van der Waals surface area contributed by atoms with Crippen LogP contribution in [0.25, 0.3) is 0 Å². The van der Waals surface area contributed by atoms with Crippen molar-refractivity contribution in [1.82, 2.24) is 4.90 Å². The SMILES string of the molecule is CSc1ccc(Cl)c(C(=O)N2CCCC(C)(O)CC2)c1. The molecule has 0 aromatic heterocycles. The van der Waals surface area contributed by atoms with Crippen LogP contribution in [0.4, 0.5) is 0 Å². The zero-order valence-corrected chi connectivity index (χ0v) is 13.4. The maximum atomic E-state index is 12.6. The second kappa shape index (κ2) is 6.37. The molecule has 1 saturated heterocycles. The number of nitrogens with zero attached hydrogens (tertiary/aromatic N) is 1. The number of amides is 1. The van der Waals surface area contributed by atoms with Gasteiger partial charge in [0.05, 0.1) is 16.2 Å². The third kappa shape index (κ3) is 3.68. The minimum absolute atomic E-state index is 0.0383. The number of halogens is 1. The largest absolute Gasteiger partial charge is 0.390 e. The van der Waals surface area contributed by atoms with Gasteiger partial charge in [-0.25, -0.2) is 0 Å². The van der Waals surface area contributed by atoms with Crippen LogP contribution in [0, 0.1) is 0 Å². The molecule has 1 aromatic carbocycles. The zero-order chi connectivity index (χ0) is 14.8. The van der Waals surface area contributed by atoms with Crippen LogP contribution in [0.3, 0.4) is 0 Å². The van der Waals surface area contributed by atoms with Crippen molar-refractivity contribution in [1.29, 1.82) is 0 Å². The number of hydrogen-bond acceptors (Lipinski definition) is 3. The van der Waals surface area contributed by atoms with Crippen molar-refractivity contribution in [3.8, 4) is 0 Å². The Morgan fingerprint density at radius 3 is 2.85 bits per heavy atom. The highest BCUT2D eigenvalue weighted by atomic mass is 35.5. The van der Waals surface area contributed by atoms with Gasteiger partial charge in [0.1, 0.15) is 0 Å². The number of likely N-dealkylation sites (tertiary alicyclic amines) is 1. The van der Waals surface area contributed by atoms with E-state index in [1.165, 1.54) is 0 Å². The summed E-state index contributed by atoms with van der Waals surface area (Å²) in [6.45, 7) is 3.09. The summed E-state index contributed by atoms with van der Waals surface area (Å²) in [5.41, 5.74) is -0.111. The predicted octanol–water partition coefficient (Wildman–Crippen LogP) is 3.44. The Labute approximate surface area is 129 Å². The molecule has 1 fully saturated rings. The monoisotopic (exact) mass is 313 g/mol. The molecule has 1 unspecified atom stereocenters. The molecule has 1 aliphatic rings. The molecule has 1 aromatic rings. The summed E-state index contributed by atoms with van der Waals surface area (Å²) in [6, 6.07) is 5.53. The van der Waals surface area contributed by atoms with Crippen molar-refractivity contribution >= 4 is 29.3 Å². The van der Waals surface area contributed by atoms with Crippen molar-refractivity contribution in [2.75, 3.05) is 19.3 Å². The van der Waals surface area contributed by atoms with Crippen LogP contribution in [0.5, 0.6) is 0 Å². The van der Waals surface area contributed by atoms with Crippen molar-refractivity contribution < 1.29 is 9.90 Å². The van der Waals surface area contributed by atoms with Crippen LogP contribution in [0.1, 0.15) is 36.5 Å². The second-order valence-corrected chi connectivity index (χ2v) is 6.78. The maximum absolute atomic E-state index is 12.6. The molecular formula is C15H20ClNO2S. The molecule has 1 N–H and O–H groups in total. The molecule has 5 heteroatoms. The third-order valence-corrected chi connectivity index (χ3v) is 4.81. The van der Waals surface area contributed by atoms with Crippen LogP contribution in [-0.2, 0) is 0 Å². The summed E-state index contributed by atoms with van der Waals surface area (Å²) in [6.07, 6.45) is 4.13. The van der Waals surface area contributed by atoms with E-state index in [-0.39, 0.29) is 5.91 Å². The zero-order valence-electron chi connectivity index (χ0n) is 11.9. The van der Waals surface area contributed by atoms with E-state index in [4.69, 9.17) is 11.6 Å². The summed E-state index contributed by atoms with van der Waals surface area (Å²) in [7, 11) is 0. The van der Waals surface area contributed by atoms with E-state index in [2.05, 4.69) is 0 Å². The van der Waals surface area contributed by atoms with Crippen LogP contribution in [0.2, 0.25) is 5.02 Å². The molecule has 1 amide bonds. The van der Waals surface area contributed by atoms with Crippen LogP contribution in [-0.4, -0.2) is 40.9 Å². The molecular weight excluding hydrogens is 294 g/mol. The van der Waals surface area contributed by atoms with Gasteiger partial charge in [0.25, 0.3) is 5.91 Å². The van der Waals surface area contributed by atoms with Crippen molar-refractivity contribution in [2.24, 2.45) is 0 Å². The lowest BCUT2D eigenvalue weighted by Gasteiger charge is -2.23. The fraction of sp³-hybridized carbons (Fsp3) is 0.533. The number of aliphatic hydroxyl groups is 1. The number of hydrogen-bond donors (Lipinski definition) is 1. The first-order chi connectivity index (χ1) is 9.43. The Morgan fingerprint density at radius 1 is 1.40 bits per heavy atom. The molecule has 1 heterocycles. The Bertz CT molecular complexity index is 505. The fourth-order valence-electron chi connectivity index (χ4n) is 2.43. The molecule has 1 atom stereocenters.